The molecule has 1 N–H and O–H groups in total. The largest absolute Gasteiger partial charge is 0.496 e. The number of aromatic nitrogens is 4. The Balaban J connectivity index is 1.99. The maximum atomic E-state index is 12.5. The lowest BCUT2D eigenvalue weighted by Gasteiger charge is -2.09. The summed E-state index contributed by atoms with van der Waals surface area (Å²) >= 11 is 3.44. The summed E-state index contributed by atoms with van der Waals surface area (Å²) in [5.41, 5.74) is 1.77. The number of rotatable bonds is 3. The van der Waals surface area contributed by atoms with Gasteiger partial charge in [0.15, 0.2) is 5.65 Å². The van der Waals surface area contributed by atoms with E-state index in [0.29, 0.717) is 28.2 Å². The van der Waals surface area contributed by atoms with Crippen LogP contribution in [0.25, 0.3) is 28.1 Å². The number of hydrogen-bond donors (Lipinski definition) is 1. The first-order valence-electron chi connectivity index (χ1n) is 7.55. The Hall–Kier alpha value is -2.93. The molecule has 0 radical (unpaired) electrons. The number of H-pyrrole nitrogens is 1. The van der Waals surface area contributed by atoms with Crippen LogP contribution in [-0.4, -0.2) is 26.9 Å². The van der Waals surface area contributed by atoms with E-state index in [-0.39, 0.29) is 5.56 Å². The van der Waals surface area contributed by atoms with Crippen LogP contribution in [-0.2, 0) is 0 Å². The minimum atomic E-state index is -0.246. The molecular formula is C18H13BrN4O2. The molecule has 2 aromatic heterocycles. The predicted molar refractivity (Wildman–Crippen MR) is 99.2 cm³/mol. The molecule has 7 heteroatoms. The summed E-state index contributed by atoms with van der Waals surface area (Å²) in [6.07, 6.45) is 1.52. The molecule has 0 aliphatic rings. The van der Waals surface area contributed by atoms with Gasteiger partial charge >= 0.3 is 0 Å². The van der Waals surface area contributed by atoms with Crippen LogP contribution in [0.1, 0.15) is 0 Å². The predicted octanol–water partition coefficient (Wildman–Crippen LogP) is 3.55. The van der Waals surface area contributed by atoms with Crippen molar-refractivity contribution in [3.8, 4) is 22.8 Å². The molecule has 2 heterocycles. The van der Waals surface area contributed by atoms with E-state index < -0.39 is 0 Å². The first-order chi connectivity index (χ1) is 12.2. The molecule has 6 nitrogen and oxygen atoms in total. The fraction of sp³-hybridized carbons (Fsp3) is 0.0556. The lowest BCUT2D eigenvalue weighted by molar-refractivity contribution is 0.416. The highest BCUT2D eigenvalue weighted by atomic mass is 79.9. The quantitative estimate of drug-likeness (QED) is 0.574. The third-order valence-corrected chi connectivity index (χ3v) is 4.35. The molecule has 25 heavy (non-hydrogen) atoms. The van der Waals surface area contributed by atoms with Gasteiger partial charge in [-0.25, -0.2) is 9.67 Å². The van der Waals surface area contributed by atoms with Crippen LogP contribution in [0.15, 0.2) is 64.0 Å². The molecule has 2 aromatic carbocycles. The maximum Gasteiger partial charge on any atom is 0.262 e. The Kier molecular flexibility index (Phi) is 3.85. The van der Waals surface area contributed by atoms with Gasteiger partial charge in [0.1, 0.15) is 17.0 Å². The van der Waals surface area contributed by atoms with Crippen LogP contribution in [0.2, 0.25) is 0 Å². The van der Waals surface area contributed by atoms with Crippen molar-refractivity contribution < 1.29 is 4.74 Å². The number of halogens is 1. The zero-order valence-corrected chi connectivity index (χ0v) is 14.8. The Morgan fingerprint density at radius 2 is 1.96 bits per heavy atom. The van der Waals surface area contributed by atoms with E-state index in [1.165, 1.54) is 6.20 Å². The molecule has 4 aromatic rings. The number of hydrogen-bond acceptors (Lipinski definition) is 4. The van der Waals surface area contributed by atoms with Crippen LogP contribution < -0.4 is 10.3 Å². The standard InChI is InChI=1S/C18H13BrN4O2/c1-25-15-8-7-11(19)9-13(15)16-21-17-14(18(24)22-16)10-20-23(17)12-5-3-2-4-6-12/h2-10H,1H3,(H,21,22,24). The van der Waals surface area contributed by atoms with E-state index in [1.54, 1.807) is 11.8 Å². The van der Waals surface area contributed by atoms with E-state index >= 15 is 0 Å². The molecule has 0 unspecified atom stereocenters. The van der Waals surface area contributed by atoms with Crippen molar-refractivity contribution in [2.24, 2.45) is 0 Å². The fourth-order valence-corrected chi connectivity index (χ4v) is 3.03. The highest BCUT2D eigenvalue weighted by Crippen LogP contribution is 2.30. The minimum absolute atomic E-state index is 0.246. The van der Waals surface area contributed by atoms with Gasteiger partial charge in [-0.3, -0.25) is 4.79 Å². The van der Waals surface area contributed by atoms with Crippen LogP contribution in [0.4, 0.5) is 0 Å². The van der Waals surface area contributed by atoms with Crippen molar-refractivity contribution in [1.29, 1.82) is 0 Å². The molecule has 0 amide bonds. The van der Waals surface area contributed by atoms with E-state index in [0.717, 1.165) is 10.2 Å². The van der Waals surface area contributed by atoms with E-state index in [1.807, 2.05) is 48.5 Å². The molecule has 0 spiro atoms. The summed E-state index contributed by atoms with van der Waals surface area (Å²) in [5, 5.41) is 4.75. The number of methoxy groups -OCH3 is 1. The summed E-state index contributed by atoms with van der Waals surface area (Å²) in [5.74, 6) is 1.05. The van der Waals surface area contributed by atoms with Gasteiger partial charge in [-0.05, 0) is 30.3 Å². The van der Waals surface area contributed by atoms with Gasteiger partial charge in [-0.15, -0.1) is 0 Å². The van der Waals surface area contributed by atoms with Gasteiger partial charge < -0.3 is 9.72 Å². The summed E-state index contributed by atoms with van der Waals surface area (Å²) in [7, 11) is 1.58. The van der Waals surface area contributed by atoms with Crippen LogP contribution in [0, 0.1) is 0 Å². The van der Waals surface area contributed by atoms with Crippen LogP contribution in [0.5, 0.6) is 5.75 Å². The van der Waals surface area contributed by atoms with Gasteiger partial charge in [-0.1, -0.05) is 34.1 Å². The minimum Gasteiger partial charge on any atom is -0.496 e. The molecule has 0 saturated heterocycles. The molecule has 0 atom stereocenters. The summed E-state index contributed by atoms with van der Waals surface area (Å²) in [6.45, 7) is 0. The highest BCUT2D eigenvalue weighted by molar-refractivity contribution is 9.10. The zero-order valence-electron chi connectivity index (χ0n) is 13.2. The Labute approximate surface area is 151 Å². The second-order valence-corrected chi connectivity index (χ2v) is 6.30. The van der Waals surface area contributed by atoms with Crippen molar-refractivity contribution in [2.45, 2.75) is 0 Å². The SMILES string of the molecule is COc1ccc(Br)cc1-c1nc2c(cnn2-c2ccccc2)c(=O)[nH]1. The van der Waals surface area contributed by atoms with Crippen LogP contribution >= 0.6 is 15.9 Å². The van der Waals surface area contributed by atoms with E-state index in [2.05, 4.69) is 31.0 Å². The molecular weight excluding hydrogens is 384 g/mol. The van der Waals surface area contributed by atoms with Crippen molar-refractivity contribution in [3.05, 3.63) is 69.6 Å². The summed E-state index contributed by atoms with van der Waals surface area (Å²) in [6, 6.07) is 15.1. The monoisotopic (exact) mass is 396 g/mol. The maximum absolute atomic E-state index is 12.5. The third kappa shape index (κ3) is 2.72. The van der Waals surface area contributed by atoms with Crippen molar-refractivity contribution in [1.82, 2.24) is 19.7 Å². The Bertz CT molecular complexity index is 1120. The van der Waals surface area contributed by atoms with E-state index in [4.69, 9.17) is 4.74 Å². The molecule has 0 aliphatic heterocycles. The molecule has 124 valence electrons. The number of nitrogens with zero attached hydrogens (tertiary/aromatic N) is 3. The van der Waals surface area contributed by atoms with E-state index in [9.17, 15) is 4.79 Å². The summed E-state index contributed by atoms with van der Waals surface area (Å²) in [4.78, 5) is 19.9. The lowest BCUT2D eigenvalue weighted by atomic mass is 10.2. The summed E-state index contributed by atoms with van der Waals surface area (Å²) < 4.78 is 7.91. The number of fused-ring (bicyclic) bond motifs is 1. The first kappa shape index (κ1) is 15.6. The number of aromatic amines is 1. The van der Waals surface area contributed by atoms with Crippen molar-refractivity contribution in [3.63, 3.8) is 0 Å². The Morgan fingerprint density at radius 3 is 2.72 bits per heavy atom. The topological polar surface area (TPSA) is 72.8 Å². The molecule has 4 rings (SSSR count). The second-order valence-electron chi connectivity index (χ2n) is 5.39. The molecule has 0 fully saturated rings. The van der Waals surface area contributed by atoms with Crippen LogP contribution in [0.3, 0.4) is 0 Å². The van der Waals surface area contributed by atoms with Crippen molar-refractivity contribution >= 4 is 27.0 Å². The number of ether oxygens (including phenoxy) is 1. The number of nitrogens with one attached hydrogen (secondary N) is 1. The lowest BCUT2D eigenvalue weighted by Crippen LogP contribution is -2.10. The third-order valence-electron chi connectivity index (χ3n) is 3.86. The Morgan fingerprint density at radius 1 is 1.16 bits per heavy atom. The average molecular weight is 397 g/mol. The first-order valence-corrected chi connectivity index (χ1v) is 8.34. The molecule has 0 saturated carbocycles. The fourth-order valence-electron chi connectivity index (χ4n) is 2.67. The zero-order chi connectivity index (χ0) is 17.4. The molecule has 0 aliphatic carbocycles. The average Bonchev–Trinajstić information content (AvgIpc) is 3.07. The van der Waals surface area contributed by atoms with Gasteiger partial charge in [0.05, 0.1) is 24.6 Å². The van der Waals surface area contributed by atoms with Gasteiger partial charge in [0.25, 0.3) is 5.56 Å². The number of benzene rings is 2. The smallest absolute Gasteiger partial charge is 0.262 e. The van der Waals surface area contributed by atoms with Gasteiger partial charge in [0, 0.05) is 4.47 Å². The van der Waals surface area contributed by atoms with Gasteiger partial charge in [-0.2, -0.15) is 5.10 Å². The number of para-hydroxylation sites is 1. The molecule has 0 bridgehead atoms. The van der Waals surface area contributed by atoms with Gasteiger partial charge in [0.2, 0.25) is 0 Å². The van der Waals surface area contributed by atoms with Crippen molar-refractivity contribution in [2.75, 3.05) is 7.11 Å². The normalized spacial score (nSPS) is 11.0. The second kappa shape index (κ2) is 6.18. The highest BCUT2D eigenvalue weighted by Gasteiger charge is 2.15.